The first-order valence-electron chi connectivity index (χ1n) is 4.23. The van der Waals surface area contributed by atoms with Gasteiger partial charge in [-0.2, -0.15) is 0 Å². The lowest BCUT2D eigenvalue weighted by Gasteiger charge is -2.13. The van der Waals surface area contributed by atoms with Crippen LogP contribution in [0.2, 0.25) is 10.2 Å². The van der Waals surface area contributed by atoms with Crippen LogP contribution in [0.4, 0.5) is 8.78 Å². The molecule has 16 heavy (non-hydrogen) atoms. The van der Waals surface area contributed by atoms with Gasteiger partial charge in [0.15, 0.2) is 0 Å². The lowest BCUT2D eigenvalue weighted by molar-refractivity contribution is -0.138. The van der Waals surface area contributed by atoms with E-state index in [2.05, 4.69) is 4.98 Å². The summed E-state index contributed by atoms with van der Waals surface area (Å²) in [6.07, 6.45) is -3.56. The molecule has 1 rings (SSSR count). The van der Waals surface area contributed by atoms with Crippen molar-refractivity contribution in [2.75, 3.05) is 0 Å². The van der Waals surface area contributed by atoms with E-state index < -0.39 is 24.7 Å². The standard InChI is InChI=1S/C9H7Cl2F2NO2/c10-4-1-6(14-7(11)2-4)5(9(12)13)3-8(15)16/h1-2,5,9H,3H2,(H,15,16). The Labute approximate surface area is 100 Å². The van der Waals surface area contributed by atoms with Crippen LogP contribution in [-0.4, -0.2) is 22.5 Å². The molecule has 88 valence electrons. The van der Waals surface area contributed by atoms with Crippen molar-refractivity contribution in [1.82, 2.24) is 4.98 Å². The number of rotatable bonds is 4. The first-order chi connectivity index (χ1) is 7.40. The van der Waals surface area contributed by atoms with E-state index in [0.717, 1.165) is 0 Å². The zero-order chi connectivity index (χ0) is 12.3. The zero-order valence-electron chi connectivity index (χ0n) is 7.83. The molecule has 0 aromatic carbocycles. The summed E-state index contributed by atoms with van der Waals surface area (Å²) in [5, 5.41) is 8.61. The van der Waals surface area contributed by atoms with Gasteiger partial charge in [-0.1, -0.05) is 23.2 Å². The maximum atomic E-state index is 12.6. The first kappa shape index (κ1) is 13.1. The molecule has 3 nitrogen and oxygen atoms in total. The number of aliphatic carboxylic acids is 1. The van der Waals surface area contributed by atoms with Gasteiger partial charge in [0.2, 0.25) is 6.43 Å². The third-order valence-corrected chi connectivity index (χ3v) is 2.27. The highest BCUT2D eigenvalue weighted by atomic mass is 35.5. The fourth-order valence-corrected chi connectivity index (χ4v) is 1.67. The summed E-state index contributed by atoms with van der Waals surface area (Å²) in [6, 6.07) is 2.48. The van der Waals surface area contributed by atoms with Crippen LogP contribution in [0.3, 0.4) is 0 Å². The molecular weight excluding hydrogens is 263 g/mol. The van der Waals surface area contributed by atoms with E-state index >= 15 is 0 Å². The van der Waals surface area contributed by atoms with E-state index in [9.17, 15) is 13.6 Å². The highest BCUT2D eigenvalue weighted by molar-refractivity contribution is 6.33. The highest BCUT2D eigenvalue weighted by Crippen LogP contribution is 2.28. The first-order valence-corrected chi connectivity index (χ1v) is 4.98. The summed E-state index contributed by atoms with van der Waals surface area (Å²) in [4.78, 5) is 14.1. The summed E-state index contributed by atoms with van der Waals surface area (Å²) < 4.78 is 25.2. The monoisotopic (exact) mass is 269 g/mol. The zero-order valence-corrected chi connectivity index (χ0v) is 9.34. The third-order valence-electron chi connectivity index (χ3n) is 1.86. The van der Waals surface area contributed by atoms with E-state index in [4.69, 9.17) is 28.3 Å². The molecule has 1 aromatic heterocycles. The minimum atomic E-state index is -2.84. The lowest BCUT2D eigenvalue weighted by Crippen LogP contribution is -2.15. The second-order valence-electron chi connectivity index (χ2n) is 3.07. The van der Waals surface area contributed by atoms with Crippen LogP contribution in [0.25, 0.3) is 0 Å². The quantitative estimate of drug-likeness (QED) is 0.854. The largest absolute Gasteiger partial charge is 0.481 e. The number of hydrogen-bond acceptors (Lipinski definition) is 2. The number of pyridine rings is 1. The molecular formula is C9H7Cl2F2NO2. The second-order valence-corrected chi connectivity index (χ2v) is 3.90. The number of aromatic nitrogens is 1. The molecule has 0 saturated carbocycles. The molecule has 1 atom stereocenters. The maximum absolute atomic E-state index is 12.6. The highest BCUT2D eigenvalue weighted by Gasteiger charge is 2.27. The van der Waals surface area contributed by atoms with Gasteiger partial charge in [-0.25, -0.2) is 13.8 Å². The Morgan fingerprint density at radius 2 is 2.06 bits per heavy atom. The van der Waals surface area contributed by atoms with Crippen molar-refractivity contribution in [2.45, 2.75) is 18.8 Å². The van der Waals surface area contributed by atoms with Crippen LogP contribution in [0.1, 0.15) is 18.0 Å². The molecule has 1 aromatic rings. The van der Waals surface area contributed by atoms with Crippen LogP contribution in [0.15, 0.2) is 12.1 Å². The number of halogens is 4. The topological polar surface area (TPSA) is 50.2 Å². The average Bonchev–Trinajstić information content (AvgIpc) is 2.11. The smallest absolute Gasteiger partial charge is 0.304 e. The Kier molecular flexibility index (Phi) is 4.44. The van der Waals surface area contributed by atoms with Gasteiger partial charge in [0.25, 0.3) is 0 Å². The Balaban J connectivity index is 3.05. The number of alkyl halides is 2. The molecule has 0 aliphatic rings. The number of carboxylic acid groups (broad SMARTS) is 1. The number of carbonyl (C=O) groups is 1. The fraction of sp³-hybridized carbons (Fsp3) is 0.333. The Morgan fingerprint density at radius 1 is 1.44 bits per heavy atom. The van der Waals surface area contributed by atoms with Crippen LogP contribution < -0.4 is 0 Å². The van der Waals surface area contributed by atoms with Crippen molar-refractivity contribution in [1.29, 1.82) is 0 Å². The van der Waals surface area contributed by atoms with Gasteiger partial charge >= 0.3 is 5.97 Å². The van der Waals surface area contributed by atoms with Crippen molar-refractivity contribution in [2.24, 2.45) is 0 Å². The van der Waals surface area contributed by atoms with Crippen LogP contribution in [-0.2, 0) is 4.79 Å². The summed E-state index contributed by atoms with van der Waals surface area (Å²) in [5.41, 5.74) is -0.116. The molecule has 0 aliphatic carbocycles. The molecule has 0 saturated heterocycles. The van der Waals surface area contributed by atoms with Gasteiger partial charge in [0.05, 0.1) is 18.0 Å². The molecule has 0 aliphatic heterocycles. The minimum absolute atomic E-state index is 0.0430. The predicted molar refractivity (Wildman–Crippen MR) is 55.3 cm³/mol. The number of carboxylic acids is 1. The molecule has 0 radical (unpaired) electrons. The molecule has 0 spiro atoms. The minimum Gasteiger partial charge on any atom is -0.481 e. The predicted octanol–water partition coefficient (Wildman–Crippen LogP) is 3.21. The Bertz CT molecular complexity index is 381. The van der Waals surface area contributed by atoms with Crippen molar-refractivity contribution in [3.8, 4) is 0 Å². The van der Waals surface area contributed by atoms with Crippen molar-refractivity contribution in [3.63, 3.8) is 0 Å². The second kappa shape index (κ2) is 5.41. The molecule has 0 fully saturated rings. The van der Waals surface area contributed by atoms with Gasteiger partial charge < -0.3 is 5.11 Å². The van der Waals surface area contributed by atoms with Gasteiger partial charge in [0, 0.05) is 5.02 Å². The summed E-state index contributed by atoms with van der Waals surface area (Å²) >= 11 is 11.2. The van der Waals surface area contributed by atoms with E-state index in [1.165, 1.54) is 12.1 Å². The van der Waals surface area contributed by atoms with Gasteiger partial charge in [0.1, 0.15) is 5.15 Å². The summed E-state index contributed by atoms with van der Waals surface area (Å²) in [7, 11) is 0. The van der Waals surface area contributed by atoms with E-state index in [-0.39, 0.29) is 15.9 Å². The van der Waals surface area contributed by atoms with Gasteiger partial charge in [-0.05, 0) is 12.1 Å². The van der Waals surface area contributed by atoms with Crippen LogP contribution in [0.5, 0.6) is 0 Å². The van der Waals surface area contributed by atoms with Crippen molar-refractivity contribution in [3.05, 3.63) is 28.0 Å². The van der Waals surface area contributed by atoms with E-state index in [0.29, 0.717) is 0 Å². The van der Waals surface area contributed by atoms with Gasteiger partial charge in [-0.15, -0.1) is 0 Å². The fourth-order valence-electron chi connectivity index (χ4n) is 1.19. The van der Waals surface area contributed by atoms with E-state index in [1.54, 1.807) is 0 Å². The third kappa shape index (κ3) is 3.57. The number of hydrogen-bond donors (Lipinski definition) is 1. The Morgan fingerprint density at radius 3 is 2.50 bits per heavy atom. The summed E-state index contributed by atoms with van der Waals surface area (Å²) in [5.74, 6) is -2.84. The van der Waals surface area contributed by atoms with Crippen LogP contribution >= 0.6 is 23.2 Å². The van der Waals surface area contributed by atoms with Crippen molar-refractivity contribution < 1.29 is 18.7 Å². The van der Waals surface area contributed by atoms with E-state index in [1.807, 2.05) is 0 Å². The number of nitrogens with zero attached hydrogens (tertiary/aromatic N) is 1. The summed E-state index contributed by atoms with van der Waals surface area (Å²) in [6.45, 7) is 0. The normalized spacial score (nSPS) is 12.8. The molecule has 0 bridgehead atoms. The molecule has 1 N–H and O–H groups in total. The molecule has 1 unspecified atom stereocenters. The average molecular weight is 270 g/mol. The molecule has 7 heteroatoms. The van der Waals surface area contributed by atoms with Gasteiger partial charge in [-0.3, -0.25) is 4.79 Å². The SMILES string of the molecule is O=C(O)CC(c1cc(Cl)cc(Cl)n1)C(F)F. The Hall–Kier alpha value is -0.940. The molecule has 1 heterocycles. The van der Waals surface area contributed by atoms with Crippen molar-refractivity contribution >= 4 is 29.2 Å². The molecule has 0 amide bonds. The lowest BCUT2D eigenvalue weighted by atomic mass is 10.0. The maximum Gasteiger partial charge on any atom is 0.304 e. The van der Waals surface area contributed by atoms with Crippen LogP contribution in [0, 0.1) is 0 Å².